The maximum Gasteiger partial charge on any atom is 0.418 e. The van der Waals surface area contributed by atoms with Crippen LogP contribution in [0.1, 0.15) is 22.8 Å². The molecule has 1 aromatic carbocycles. The first-order valence-corrected chi connectivity index (χ1v) is 6.38. The fourth-order valence-corrected chi connectivity index (χ4v) is 1.98. The molecule has 0 aliphatic rings. The molecule has 118 valence electrons. The monoisotopic (exact) mass is 304 g/mol. The van der Waals surface area contributed by atoms with Gasteiger partial charge in [0.15, 0.2) is 0 Å². The minimum Gasteiger partial charge on any atom is -0.387 e. The molecule has 7 heteroatoms. The Labute approximate surface area is 121 Å². The second kappa shape index (κ2) is 6.80. The Hall–Kier alpha value is -1.76. The Morgan fingerprint density at radius 2 is 2.05 bits per heavy atom. The number of nitrogens with one attached hydrogen (secondary N) is 1. The maximum atomic E-state index is 13.0. The zero-order valence-electron chi connectivity index (χ0n) is 12.4. The van der Waals surface area contributed by atoms with Crippen molar-refractivity contribution in [1.82, 2.24) is 4.90 Å². The van der Waals surface area contributed by atoms with Crippen molar-refractivity contribution in [1.29, 1.82) is 0 Å². The molecular formula is C14H19F3N2O2. The van der Waals surface area contributed by atoms with Crippen molar-refractivity contribution in [3.8, 4) is 0 Å². The lowest BCUT2D eigenvalue weighted by molar-refractivity contribution is -0.136. The van der Waals surface area contributed by atoms with Crippen LogP contribution in [0.2, 0.25) is 0 Å². The molecule has 0 aromatic heterocycles. The lowest BCUT2D eigenvalue weighted by Gasteiger charge is -2.26. The van der Waals surface area contributed by atoms with Crippen molar-refractivity contribution in [3.63, 3.8) is 0 Å². The van der Waals surface area contributed by atoms with Gasteiger partial charge in [0.1, 0.15) is 0 Å². The molecule has 0 bridgehead atoms. The molecule has 1 aromatic rings. The van der Waals surface area contributed by atoms with E-state index in [9.17, 15) is 18.0 Å². The van der Waals surface area contributed by atoms with Gasteiger partial charge in [-0.2, -0.15) is 13.2 Å². The summed E-state index contributed by atoms with van der Waals surface area (Å²) in [6.45, 7) is 2.06. The number of anilines is 1. The normalized spacial score (nSPS) is 12.9. The minimum atomic E-state index is -4.52. The van der Waals surface area contributed by atoms with E-state index < -0.39 is 17.6 Å². The summed E-state index contributed by atoms with van der Waals surface area (Å²) in [4.78, 5) is 13.7. The van der Waals surface area contributed by atoms with E-state index >= 15 is 0 Å². The fraction of sp³-hybridized carbons (Fsp3) is 0.500. The predicted molar refractivity (Wildman–Crippen MR) is 74.4 cm³/mol. The van der Waals surface area contributed by atoms with Crippen molar-refractivity contribution in [3.05, 3.63) is 29.3 Å². The summed E-state index contributed by atoms with van der Waals surface area (Å²) in [5, 5.41) is 2.48. The molecule has 1 atom stereocenters. The van der Waals surface area contributed by atoms with E-state index in [2.05, 4.69) is 5.32 Å². The maximum absolute atomic E-state index is 13.0. The van der Waals surface area contributed by atoms with Crippen LogP contribution in [0.25, 0.3) is 0 Å². The number of alkyl halides is 3. The van der Waals surface area contributed by atoms with E-state index in [4.69, 9.17) is 4.74 Å². The van der Waals surface area contributed by atoms with Crippen LogP contribution in [0, 0.1) is 0 Å². The van der Waals surface area contributed by atoms with Gasteiger partial charge in [-0.15, -0.1) is 0 Å². The number of rotatable bonds is 5. The zero-order valence-corrected chi connectivity index (χ0v) is 12.4. The largest absolute Gasteiger partial charge is 0.418 e. The third kappa shape index (κ3) is 3.87. The van der Waals surface area contributed by atoms with Gasteiger partial charge >= 0.3 is 6.18 Å². The van der Waals surface area contributed by atoms with Crippen LogP contribution < -0.4 is 5.32 Å². The molecule has 0 saturated heterocycles. The van der Waals surface area contributed by atoms with Gasteiger partial charge in [-0.3, -0.25) is 4.79 Å². The highest BCUT2D eigenvalue weighted by atomic mass is 19.4. The highest BCUT2D eigenvalue weighted by Crippen LogP contribution is 2.36. The number of carbonyl (C=O) groups is 1. The van der Waals surface area contributed by atoms with Crippen LogP contribution in [0.15, 0.2) is 18.2 Å². The second-order valence-corrected chi connectivity index (χ2v) is 4.70. The SMILES string of the molecule is CNc1c(C(=O)N(C)C(C)COC)cccc1C(F)(F)F. The number of methoxy groups -OCH3 is 1. The molecule has 1 N–H and O–H groups in total. The summed E-state index contributed by atoms with van der Waals surface area (Å²) in [5.74, 6) is -0.491. The van der Waals surface area contributed by atoms with Crippen LogP contribution >= 0.6 is 0 Å². The topological polar surface area (TPSA) is 41.6 Å². The van der Waals surface area contributed by atoms with Crippen LogP contribution in [-0.4, -0.2) is 44.7 Å². The standard InChI is InChI=1S/C14H19F3N2O2/c1-9(8-21-4)19(3)13(20)10-6-5-7-11(12(10)18-2)14(15,16)17/h5-7,9,18H,8H2,1-4H3. The summed E-state index contributed by atoms with van der Waals surface area (Å²) >= 11 is 0. The number of ether oxygens (including phenoxy) is 1. The molecule has 1 amide bonds. The lowest BCUT2D eigenvalue weighted by atomic mass is 10.0. The number of likely N-dealkylation sites (N-methyl/N-ethyl adjacent to an activating group) is 1. The first-order chi connectivity index (χ1) is 9.73. The van der Waals surface area contributed by atoms with E-state index in [1.807, 2.05) is 0 Å². The summed E-state index contributed by atoms with van der Waals surface area (Å²) in [6, 6.07) is 3.30. The van der Waals surface area contributed by atoms with Crippen molar-refractivity contribution in [2.75, 3.05) is 33.1 Å². The zero-order chi connectivity index (χ0) is 16.2. The fourth-order valence-electron chi connectivity index (χ4n) is 1.98. The number of nitrogens with zero attached hydrogens (tertiary/aromatic N) is 1. The number of amides is 1. The number of para-hydroxylation sites is 1. The molecule has 21 heavy (non-hydrogen) atoms. The number of hydrogen-bond donors (Lipinski definition) is 1. The van der Waals surface area contributed by atoms with Crippen LogP contribution in [0.5, 0.6) is 0 Å². The van der Waals surface area contributed by atoms with E-state index in [1.54, 1.807) is 6.92 Å². The molecule has 0 fully saturated rings. The third-order valence-electron chi connectivity index (χ3n) is 3.24. The van der Waals surface area contributed by atoms with Crippen LogP contribution in [-0.2, 0) is 10.9 Å². The molecular weight excluding hydrogens is 285 g/mol. The highest BCUT2D eigenvalue weighted by molar-refractivity contribution is 6.00. The van der Waals surface area contributed by atoms with Gasteiger partial charge < -0.3 is 15.0 Å². The first-order valence-electron chi connectivity index (χ1n) is 6.38. The predicted octanol–water partition coefficient (Wildman–Crippen LogP) is 2.85. The highest BCUT2D eigenvalue weighted by Gasteiger charge is 2.35. The second-order valence-electron chi connectivity index (χ2n) is 4.70. The van der Waals surface area contributed by atoms with Crippen molar-refractivity contribution in [2.24, 2.45) is 0 Å². The van der Waals surface area contributed by atoms with Gasteiger partial charge in [-0.1, -0.05) is 6.07 Å². The summed E-state index contributed by atoms with van der Waals surface area (Å²) < 4.78 is 43.9. The first kappa shape index (κ1) is 17.3. The van der Waals surface area contributed by atoms with Gasteiger partial charge in [0.05, 0.1) is 29.5 Å². The molecule has 1 rings (SSSR count). The van der Waals surface area contributed by atoms with Gasteiger partial charge in [0.25, 0.3) is 5.91 Å². The number of halogens is 3. The van der Waals surface area contributed by atoms with E-state index in [1.165, 1.54) is 38.2 Å². The van der Waals surface area contributed by atoms with Gasteiger partial charge in [-0.25, -0.2) is 0 Å². The Bertz CT molecular complexity index is 503. The Balaban J connectivity index is 3.22. The molecule has 0 radical (unpaired) electrons. The number of hydrogen-bond acceptors (Lipinski definition) is 3. The van der Waals surface area contributed by atoms with Crippen molar-refractivity contribution >= 4 is 11.6 Å². The molecule has 0 aliphatic heterocycles. The van der Waals surface area contributed by atoms with E-state index in [0.717, 1.165) is 6.07 Å². The Kier molecular flexibility index (Phi) is 5.60. The Morgan fingerprint density at radius 1 is 1.43 bits per heavy atom. The average Bonchev–Trinajstić information content (AvgIpc) is 2.44. The van der Waals surface area contributed by atoms with Crippen LogP contribution in [0.4, 0.5) is 18.9 Å². The molecule has 4 nitrogen and oxygen atoms in total. The van der Waals surface area contributed by atoms with Gasteiger partial charge in [0, 0.05) is 21.2 Å². The molecule has 1 unspecified atom stereocenters. The Morgan fingerprint density at radius 3 is 2.52 bits per heavy atom. The number of benzene rings is 1. The third-order valence-corrected chi connectivity index (χ3v) is 3.24. The lowest BCUT2D eigenvalue weighted by Crippen LogP contribution is -2.38. The summed E-state index contributed by atoms with van der Waals surface area (Å²) in [6.07, 6.45) is -4.52. The quantitative estimate of drug-likeness (QED) is 0.909. The van der Waals surface area contributed by atoms with E-state index in [0.29, 0.717) is 6.61 Å². The van der Waals surface area contributed by atoms with Crippen LogP contribution in [0.3, 0.4) is 0 Å². The smallest absolute Gasteiger partial charge is 0.387 e. The average molecular weight is 304 g/mol. The molecule has 0 heterocycles. The van der Waals surface area contributed by atoms with Crippen molar-refractivity contribution < 1.29 is 22.7 Å². The van der Waals surface area contributed by atoms with Gasteiger partial charge in [-0.05, 0) is 19.1 Å². The van der Waals surface area contributed by atoms with E-state index in [-0.39, 0.29) is 17.3 Å². The molecule has 0 spiro atoms. The number of carbonyl (C=O) groups excluding carboxylic acids is 1. The molecule has 0 aliphatic carbocycles. The minimum absolute atomic E-state index is 0.0159. The van der Waals surface area contributed by atoms with Crippen molar-refractivity contribution in [2.45, 2.75) is 19.1 Å². The summed E-state index contributed by atoms with van der Waals surface area (Å²) in [7, 11) is 4.39. The van der Waals surface area contributed by atoms with Gasteiger partial charge in [0.2, 0.25) is 0 Å². The molecule has 0 saturated carbocycles. The summed E-state index contributed by atoms with van der Waals surface area (Å²) in [5.41, 5.74) is -1.09.